The van der Waals surface area contributed by atoms with E-state index < -0.39 is 0 Å². The van der Waals surface area contributed by atoms with Gasteiger partial charge in [-0.3, -0.25) is 4.79 Å². The smallest absolute Gasteiger partial charge is 0.234 e. The molecule has 0 bridgehead atoms. The third-order valence-corrected chi connectivity index (χ3v) is 1.70. The van der Waals surface area contributed by atoms with Crippen molar-refractivity contribution in [3.63, 3.8) is 0 Å². The first kappa shape index (κ1) is 15.1. The summed E-state index contributed by atoms with van der Waals surface area (Å²) in [5.74, 6) is -0.00569. The maximum absolute atomic E-state index is 11.3. The van der Waals surface area contributed by atoms with E-state index in [1.807, 2.05) is 27.7 Å². The van der Waals surface area contributed by atoms with Crippen LogP contribution in [0.3, 0.4) is 0 Å². The summed E-state index contributed by atoms with van der Waals surface area (Å²) in [7, 11) is 0. The molecule has 2 N–H and O–H groups in total. The predicted molar refractivity (Wildman–Crippen MR) is 66.4 cm³/mol. The molecule has 16 heavy (non-hydrogen) atoms. The summed E-state index contributed by atoms with van der Waals surface area (Å²) in [5.41, 5.74) is 0.953. The van der Waals surface area contributed by atoms with Crippen molar-refractivity contribution in [2.24, 2.45) is 0 Å². The first-order valence-electron chi connectivity index (χ1n) is 5.55. The fourth-order valence-electron chi connectivity index (χ4n) is 0.917. The van der Waals surface area contributed by atoms with E-state index in [9.17, 15) is 4.79 Å². The van der Waals surface area contributed by atoms with Crippen molar-refractivity contribution in [3.05, 3.63) is 12.2 Å². The summed E-state index contributed by atoms with van der Waals surface area (Å²) < 4.78 is 5.26. The molecule has 0 aliphatic rings. The summed E-state index contributed by atoms with van der Waals surface area (Å²) in [6.45, 7) is 13.7. The van der Waals surface area contributed by atoms with Gasteiger partial charge in [0.15, 0.2) is 0 Å². The van der Waals surface area contributed by atoms with E-state index in [-0.39, 0.29) is 11.4 Å². The molecular formula is C12H24N2O2. The van der Waals surface area contributed by atoms with Crippen LogP contribution in [0.1, 0.15) is 27.7 Å². The van der Waals surface area contributed by atoms with E-state index >= 15 is 0 Å². The molecule has 0 saturated carbocycles. The number of ether oxygens (including phenoxy) is 1. The molecule has 0 aromatic heterocycles. The van der Waals surface area contributed by atoms with E-state index in [1.165, 1.54) is 0 Å². The zero-order valence-electron chi connectivity index (χ0n) is 10.9. The number of carbonyl (C=O) groups is 1. The van der Waals surface area contributed by atoms with E-state index in [0.29, 0.717) is 26.3 Å². The first-order valence-corrected chi connectivity index (χ1v) is 5.55. The van der Waals surface area contributed by atoms with Crippen LogP contribution in [0.25, 0.3) is 0 Å². The largest absolute Gasteiger partial charge is 0.375 e. The molecule has 0 saturated heterocycles. The Labute approximate surface area is 98.4 Å². The third-order valence-electron chi connectivity index (χ3n) is 1.70. The molecule has 0 heterocycles. The van der Waals surface area contributed by atoms with Crippen molar-refractivity contribution < 1.29 is 9.53 Å². The van der Waals surface area contributed by atoms with Crippen LogP contribution >= 0.6 is 0 Å². The highest BCUT2D eigenvalue weighted by Gasteiger charge is 2.10. The van der Waals surface area contributed by atoms with E-state index in [0.717, 1.165) is 5.57 Å². The van der Waals surface area contributed by atoms with Crippen LogP contribution in [0.15, 0.2) is 12.2 Å². The summed E-state index contributed by atoms with van der Waals surface area (Å²) in [4.78, 5) is 11.3. The Kier molecular flexibility index (Phi) is 7.01. The monoisotopic (exact) mass is 228 g/mol. The molecular weight excluding hydrogens is 204 g/mol. The Bertz CT molecular complexity index is 232. The van der Waals surface area contributed by atoms with Gasteiger partial charge >= 0.3 is 0 Å². The van der Waals surface area contributed by atoms with Crippen LogP contribution in [0.2, 0.25) is 0 Å². The van der Waals surface area contributed by atoms with Crippen molar-refractivity contribution in [2.45, 2.75) is 33.2 Å². The highest BCUT2D eigenvalue weighted by atomic mass is 16.5. The molecule has 0 aliphatic heterocycles. The second kappa shape index (κ2) is 7.41. The summed E-state index contributed by atoms with van der Waals surface area (Å²) in [6, 6.07) is 0. The molecule has 0 fully saturated rings. The minimum absolute atomic E-state index is 0.00569. The minimum atomic E-state index is -0.0339. The Morgan fingerprint density at radius 2 is 2.00 bits per heavy atom. The molecule has 4 nitrogen and oxygen atoms in total. The average molecular weight is 228 g/mol. The fourth-order valence-corrected chi connectivity index (χ4v) is 0.917. The molecule has 0 radical (unpaired) electrons. The van der Waals surface area contributed by atoms with Gasteiger partial charge in [-0.2, -0.15) is 0 Å². The normalized spacial score (nSPS) is 11.2. The van der Waals surface area contributed by atoms with Crippen molar-refractivity contribution in [1.29, 1.82) is 0 Å². The standard InChI is InChI=1S/C12H24N2O2/c1-10(2)9-16-7-6-13-11(15)8-14-12(3,4)5/h14H,1,6-9H2,2-5H3,(H,13,15). The van der Waals surface area contributed by atoms with Gasteiger partial charge in [0, 0.05) is 12.1 Å². The highest BCUT2D eigenvalue weighted by Crippen LogP contribution is 1.96. The van der Waals surface area contributed by atoms with Crippen molar-refractivity contribution in [1.82, 2.24) is 10.6 Å². The van der Waals surface area contributed by atoms with Gasteiger partial charge in [0.1, 0.15) is 0 Å². The summed E-state index contributed by atoms with van der Waals surface area (Å²) in [5, 5.41) is 5.89. The van der Waals surface area contributed by atoms with E-state index in [1.54, 1.807) is 0 Å². The fraction of sp³-hybridized carbons (Fsp3) is 0.750. The molecule has 4 heteroatoms. The Morgan fingerprint density at radius 1 is 1.38 bits per heavy atom. The zero-order chi connectivity index (χ0) is 12.6. The lowest BCUT2D eigenvalue weighted by atomic mass is 10.1. The number of rotatable bonds is 7. The molecule has 0 rings (SSSR count). The molecule has 0 aromatic carbocycles. The molecule has 1 amide bonds. The lowest BCUT2D eigenvalue weighted by molar-refractivity contribution is -0.120. The molecule has 0 atom stereocenters. The van der Waals surface area contributed by atoms with Gasteiger partial charge < -0.3 is 15.4 Å². The highest BCUT2D eigenvalue weighted by molar-refractivity contribution is 5.78. The van der Waals surface area contributed by atoms with Gasteiger partial charge in [-0.05, 0) is 27.7 Å². The molecule has 0 aromatic rings. The van der Waals surface area contributed by atoms with Crippen LogP contribution < -0.4 is 10.6 Å². The van der Waals surface area contributed by atoms with E-state index in [4.69, 9.17) is 4.74 Å². The second-order valence-corrected chi connectivity index (χ2v) is 4.96. The molecule has 0 spiro atoms. The van der Waals surface area contributed by atoms with Crippen molar-refractivity contribution >= 4 is 5.91 Å². The van der Waals surface area contributed by atoms with E-state index in [2.05, 4.69) is 17.2 Å². The Balaban J connectivity index is 3.41. The lowest BCUT2D eigenvalue weighted by Gasteiger charge is -2.19. The quantitative estimate of drug-likeness (QED) is 0.506. The number of carbonyl (C=O) groups excluding carboxylic acids is 1. The van der Waals surface area contributed by atoms with Gasteiger partial charge in [0.25, 0.3) is 0 Å². The minimum Gasteiger partial charge on any atom is -0.375 e. The lowest BCUT2D eigenvalue weighted by Crippen LogP contribution is -2.43. The third kappa shape index (κ3) is 11.2. The van der Waals surface area contributed by atoms with Crippen LogP contribution in [-0.2, 0) is 9.53 Å². The van der Waals surface area contributed by atoms with Crippen molar-refractivity contribution in [3.8, 4) is 0 Å². The van der Waals surface area contributed by atoms with Crippen LogP contribution in [-0.4, -0.2) is 37.7 Å². The zero-order valence-corrected chi connectivity index (χ0v) is 10.9. The number of hydrogen-bond acceptors (Lipinski definition) is 3. The van der Waals surface area contributed by atoms with Crippen LogP contribution in [0.4, 0.5) is 0 Å². The van der Waals surface area contributed by atoms with Gasteiger partial charge in [-0.25, -0.2) is 0 Å². The summed E-state index contributed by atoms with van der Waals surface area (Å²) in [6.07, 6.45) is 0. The predicted octanol–water partition coefficient (Wildman–Crippen LogP) is 1.08. The van der Waals surface area contributed by atoms with Crippen LogP contribution in [0, 0.1) is 0 Å². The van der Waals surface area contributed by atoms with Gasteiger partial charge in [-0.1, -0.05) is 12.2 Å². The van der Waals surface area contributed by atoms with Gasteiger partial charge in [0.05, 0.1) is 19.8 Å². The summed E-state index contributed by atoms with van der Waals surface area (Å²) >= 11 is 0. The number of nitrogens with one attached hydrogen (secondary N) is 2. The van der Waals surface area contributed by atoms with Gasteiger partial charge in [-0.15, -0.1) is 0 Å². The maximum Gasteiger partial charge on any atom is 0.234 e. The average Bonchev–Trinajstić information content (AvgIpc) is 2.12. The molecule has 0 unspecified atom stereocenters. The second-order valence-electron chi connectivity index (χ2n) is 4.96. The molecule has 94 valence electrons. The molecule has 0 aliphatic carbocycles. The topological polar surface area (TPSA) is 50.4 Å². The van der Waals surface area contributed by atoms with Gasteiger partial charge in [0.2, 0.25) is 5.91 Å². The SMILES string of the molecule is C=C(C)COCCNC(=O)CNC(C)(C)C. The number of amides is 1. The van der Waals surface area contributed by atoms with Crippen molar-refractivity contribution in [2.75, 3.05) is 26.3 Å². The number of hydrogen-bond donors (Lipinski definition) is 2. The maximum atomic E-state index is 11.3. The van der Waals surface area contributed by atoms with Crippen LogP contribution in [0.5, 0.6) is 0 Å². The first-order chi connectivity index (χ1) is 7.31. The Morgan fingerprint density at radius 3 is 2.50 bits per heavy atom. The Hall–Kier alpha value is -0.870.